The van der Waals surface area contributed by atoms with E-state index in [4.69, 9.17) is 0 Å². The van der Waals surface area contributed by atoms with E-state index < -0.39 is 26.2 Å². The standard InChI is InChI=1S/C16H27N5O5S/c1-5-20(6-2)14(22)12-19-7-9-21(10-8-19)27(25,26)13-11-17(3)16(24)18(4)15(13)23/h11H,5-10,12H2,1-4H3. The molecule has 11 heteroatoms. The molecule has 1 aliphatic rings. The van der Waals surface area contributed by atoms with Gasteiger partial charge in [-0.15, -0.1) is 0 Å². The summed E-state index contributed by atoms with van der Waals surface area (Å²) in [6, 6.07) is 0. The molecule has 2 rings (SSSR count). The van der Waals surface area contributed by atoms with Crippen molar-refractivity contribution in [1.82, 2.24) is 23.2 Å². The third kappa shape index (κ3) is 4.30. The molecule has 1 aromatic rings. The molecule has 10 nitrogen and oxygen atoms in total. The minimum atomic E-state index is -4.01. The van der Waals surface area contributed by atoms with Crippen molar-refractivity contribution in [3.8, 4) is 0 Å². The maximum absolute atomic E-state index is 12.9. The first-order valence-corrected chi connectivity index (χ1v) is 10.3. The molecular formula is C16H27N5O5S. The lowest BCUT2D eigenvalue weighted by molar-refractivity contribution is -0.132. The highest BCUT2D eigenvalue weighted by atomic mass is 32.2. The summed E-state index contributed by atoms with van der Waals surface area (Å²) in [6.07, 6.45) is 1.07. The van der Waals surface area contributed by atoms with E-state index in [1.807, 2.05) is 18.7 Å². The lowest BCUT2D eigenvalue weighted by Crippen LogP contribution is -2.52. The molecular weight excluding hydrogens is 374 g/mol. The lowest BCUT2D eigenvalue weighted by Gasteiger charge is -2.34. The zero-order valence-electron chi connectivity index (χ0n) is 16.2. The number of carbonyl (C=O) groups is 1. The Kier molecular flexibility index (Phi) is 6.60. The normalized spacial score (nSPS) is 16.4. The number of piperazine rings is 1. The van der Waals surface area contributed by atoms with Gasteiger partial charge in [-0.2, -0.15) is 4.31 Å². The lowest BCUT2D eigenvalue weighted by atomic mass is 10.3. The third-order valence-corrected chi connectivity index (χ3v) is 6.72. The summed E-state index contributed by atoms with van der Waals surface area (Å²) in [4.78, 5) is 39.5. The van der Waals surface area contributed by atoms with Gasteiger partial charge in [-0.3, -0.25) is 19.1 Å². The van der Waals surface area contributed by atoms with E-state index in [1.54, 1.807) is 4.90 Å². The highest BCUT2D eigenvalue weighted by molar-refractivity contribution is 7.89. The summed E-state index contributed by atoms with van der Waals surface area (Å²) in [5.74, 6) is 0.0169. The summed E-state index contributed by atoms with van der Waals surface area (Å²) in [5.41, 5.74) is -1.42. The number of amides is 1. The van der Waals surface area contributed by atoms with Gasteiger partial charge in [-0.25, -0.2) is 13.2 Å². The first-order valence-electron chi connectivity index (χ1n) is 8.90. The van der Waals surface area contributed by atoms with Crippen LogP contribution in [0.4, 0.5) is 0 Å². The second-order valence-electron chi connectivity index (χ2n) is 6.50. The molecule has 0 aromatic carbocycles. The Morgan fingerprint density at radius 3 is 2.15 bits per heavy atom. The zero-order chi connectivity index (χ0) is 20.4. The van der Waals surface area contributed by atoms with Crippen LogP contribution in [0.5, 0.6) is 0 Å². The number of rotatable bonds is 6. The van der Waals surface area contributed by atoms with Crippen LogP contribution in [0.15, 0.2) is 20.7 Å². The summed E-state index contributed by atoms with van der Waals surface area (Å²) in [6.45, 7) is 6.52. The number of carbonyl (C=O) groups excluding carboxylic acids is 1. The maximum atomic E-state index is 12.9. The highest BCUT2D eigenvalue weighted by Crippen LogP contribution is 2.14. The van der Waals surface area contributed by atoms with Crippen LogP contribution in [0.3, 0.4) is 0 Å². The van der Waals surface area contributed by atoms with Crippen molar-refractivity contribution in [1.29, 1.82) is 0 Å². The van der Waals surface area contributed by atoms with Crippen LogP contribution in [-0.4, -0.2) is 83.4 Å². The molecule has 1 saturated heterocycles. The molecule has 27 heavy (non-hydrogen) atoms. The van der Waals surface area contributed by atoms with Gasteiger partial charge >= 0.3 is 5.69 Å². The molecule has 1 amide bonds. The Morgan fingerprint density at radius 1 is 1.07 bits per heavy atom. The molecule has 0 aliphatic carbocycles. The van der Waals surface area contributed by atoms with E-state index in [-0.39, 0.29) is 25.5 Å². The van der Waals surface area contributed by atoms with Crippen molar-refractivity contribution in [2.45, 2.75) is 18.7 Å². The van der Waals surface area contributed by atoms with Gasteiger partial charge in [0.1, 0.15) is 0 Å². The summed E-state index contributed by atoms with van der Waals surface area (Å²) >= 11 is 0. The van der Waals surface area contributed by atoms with Gasteiger partial charge in [-0.1, -0.05) is 0 Å². The van der Waals surface area contributed by atoms with Crippen LogP contribution in [0, 0.1) is 0 Å². The largest absolute Gasteiger partial charge is 0.342 e. The van der Waals surface area contributed by atoms with E-state index >= 15 is 0 Å². The molecule has 1 aliphatic heterocycles. The van der Waals surface area contributed by atoms with Crippen LogP contribution in [0.2, 0.25) is 0 Å². The maximum Gasteiger partial charge on any atom is 0.330 e. The quantitative estimate of drug-likeness (QED) is 0.560. The molecule has 0 saturated carbocycles. The van der Waals surface area contributed by atoms with Crippen LogP contribution in [0.1, 0.15) is 13.8 Å². The Hall–Kier alpha value is -1.98. The molecule has 0 bridgehead atoms. The number of hydrogen-bond donors (Lipinski definition) is 0. The Labute approximate surface area is 158 Å². The molecule has 2 heterocycles. The number of hydrogen-bond acceptors (Lipinski definition) is 6. The zero-order valence-corrected chi connectivity index (χ0v) is 17.0. The minimum Gasteiger partial charge on any atom is -0.342 e. The monoisotopic (exact) mass is 401 g/mol. The van der Waals surface area contributed by atoms with Gasteiger partial charge < -0.3 is 9.47 Å². The van der Waals surface area contributed by atoms with E-state index in [2.05, 4.69) is 0 Å². The highest BCUT2D eigenvalue weighted by Gasteiger charge is 2.32. The van der Waals surface area contributed by atoms with Crippen LogP contribution < -0.4 is 11.2 Å². The molecule has 1 fully saturated rings. The van der Waals surface area contributed by atoms with Crippen molar-refractivity contribution < 1.29 is 13.2 Å². The SMILES string of the molecule is CCN(CC)C(=O)CN1CCN(S(=O)(=O)c2cn(C)c(=O)n(C)c2=O)CC1. The Morgan fingerprint density at radius 2 is 1.63 bits per heavy atom. The van der Waals surface area contributed by atoms with Crippen molar-refractivity contribution in [3.05, 3.63) is 27.0 Å². The number of aryl methyl sites for hydroxylation is 1. The smallest absolute Gasteiger partial charge is 0.330 e. The van der Waals surface area contributed by atoms with Crippen LogP contribution in [-0.2, 0) is 28.9 Å². The van der Waals surface area contributed by atoms with E-state index in [9.17, 15) is 22.8 Å². The average molecular weight is 401 g/mol. The van der Waals surface area contributed by atoms with Gasteiger partial charge in [-0.05, 0) is 13.8 Å². The van der Waals surface area contributed by atoms with Crippen molar-refractivity contribution in [2.75, 3.05) is 45.8 Å². The molecule has 0 N–H and O–H groups in total. The first kappa shape index (κ1) is 21.3. The fourth-order valence-electron chi connectivity index (χ4n) is 3.09. The Balaban J connectivity index is 2.13. The van der Waals surface area contributed by atoms with Crippen molar-refractivity contribution in [2.24, 2.45) is 14.1 Å². The fourth-order valence-corrected chi connectivity index (χ4v) is 4.66. The first-order chi connectivity index (χ1) is 12.6. The van der Waals surface area contributed by atoms with Crippen LogP contribution >= 0.6 is 0 Å². The second kappa shape index (κ2) is 8.36. The minimum absolute atomic E-state index is 0.0169. The Bertz CT molecular complexity index is 908. The van der Waals surface area contributed by atoms with Crippen molar-refractivity contribution in [3.63, 3.8) is 0 Å². The van der Waals surface area contributed by atoms with Gasteiger partial charge in [0.15, 0.2) is 4.90 Å². The molecule has 1 aromatic heterocycles. The van der Waals surface area contributed by atoms with Gasteiger partial charge in [0.2, 0.25) is 15.9 Å². The number of sulfonamides is 1. The third-order valence-electron chi connectivity index (χ3n) is 4.84. The van der Waals surface area contributed by atoms with E-state index in [0.29, 0.717) is 26.2 Å². The number of likely N-dealkylation sites (N-methyl/N-ethyl adjacent to an activating group) is 1. The van der Waals surface area contributed by atoms with E-state index in [0.717, 1.165) is 15.3 Å². The van der Waals surface area contributed by atoms with Gasteiger partial charge in [0.25, 0.3) is 5.56 Å². The molecule has 152 valence electrons. The molecule has 0 spiro atoms. The summed E-state index contributed by atoms with van der Waals surface area (Å²) in [5, 5.41) is 0. The fraction of sp³-hybridized carbons (Fsp3) is 0.688. The second-order valence-corrected chi connectivity index (χ2v) is 8.40. The van der Waals surface area contributed by atoms with Crippen molar-refractivity contribution >= 4 is 15.9 Å². The topological polar surface area (TPSA) is 105 Å². The molecule has 0 radical (unpaired) electrons. The predicted octanol–water partition coefficient (Wildman–Crippen LogP) is -1.74. The molecule has 0 atom stereocenters. The average Bonchev–Trinajstić information content (AvgIpc) is 2.64. The number of aromatic nitrogens is 2. The van der Waals surface area contributed by atoms with Crippen LogP contribution in [0.25, 0.3) is 0 Å². The summed E-state index contributed by atoms with van der Waals surface area (Å²) in [7, 11) is -1.36. The predicted molar refractivity (Wildman–Crippen MR) is 100 cm³/mol. The van der Waals surface area contributed by atoms with Gasteiger partial charge in [0, 0.05) is 59.6 Å². The summed E-state index contributed by atoms with van der Waals surface area (Å²) < 4.78 is 28.8. The number of nitrogens with zero attached hydrogens (tertiary/aromatic N) is 5. The van der Waals surface area contributed by atoms with E-state index in [1.165, 1.54) is 18.4 Å². The molecule has 0 unspecified atom stereocenters. The van der Waals surface area contributed by atoms with Gasteiger partial charge in [0.05, 0.1) is 6.54 Å².